The number of benzene rings is 4. The SMILES string of the molecule is CN(c1cc(O)c2ccc3c(N(CCCN)S(C)(=O)=O)cc(N(C)S(C)(=O)=O)c4ccc1c2c43)S(C)(=O)=O. The van der Waals surface area contributed by atoms with Crippen LogP contribution in [0, 0.1) is 0 Å². The molecule has 3 N–H and O–H groups in total. The first-order valence-electron chi connectivity index (χ1n) is 11.5. The van der Waals surface area contributed by atoms with Gasteiger partial charge in [-0.25, -0.2) is 25.3 Å². The van der Waals surface area contributed by atoms with E-state index in [0.29, 0.717) is 38.7 Å². The molecule has 0 aromatic heterocycles. The molecular weight excluding hydrogens is 552 g/mol. The molecule has 206 valence electrons. The first-order valence-corrected chi connectivity index (χ1v) is 17.1. The zero-order valence-corrected chi connectivity index (χ0v) is 24.1. The topological polar surface area (TPSA) is 158 Å². The van der Waals surface area contributed by atoms with Gasteiger partial charge in [-0.2, -0.15) is 0 Å². The fourth-order valence-electron chi connectivity index (χ4n) is 4.70. The van der Waals surface area contributed by atoms with Crippen molar-refractivity contribution in [3.8, 4) is 5.75 Å². The van der Waals surface area contributed by atoms with Gasteiger partial charge >= 0.3 is 0 Å². The monoisotopic (exact) mass is 582 g/mol. The molecule has 0 aliphatic rings. The molecule has 0 spiro atoms. The lowest BCUT2D eigenvalue weighted by Crippen LogP contribution is -2.32. The largest absolute Gasteiger partial charge is 0.507 e. The van der Waals surface area contributed by atoms with E-state index in [-0.39, 0.29) is 35.9 Å². The van der Waals surface area contributed by atoms with Gasteiger partial charge in [-0.05, 0) is 25.1 Å². The maximum Gasteiger partial charge on any atom is 0.232 e. The lowest BCUT2D eigenvalue weighted by molar-refractivity contribution is 0.482. The van der Waals surface area contributed by atoms with E-state index in [1.54, 1.807) is 24.3 Å². The van der Waals surface area contributed by atoms with Gasteiger partial charge < -0.3 is 10.8 Å². The third kappa shape index (κ3) is 4.65. The molecule has 0 bridgehead atoms. The minimum atomic E-state index is -3.81. The summed E-state index contributed by atoms with van der Waals surface area (Å²) in [5, 5.41) is 13.8. The number of anilines is 3. The smallest absolute Gasteiger partial charge is 0.232 e. The maximum absolute atomic E-state index is 12.9. The molecule has 0 atom stereocenters. The van der Waals surface area contributed by atoms with Gasteiger partial charge in [0, 0.05) is 59.0 Å². The van der Waals surface area contributed by atoms with E-state index >= 15 is 0 Å². The molecule has 4 rings (SSSR count). The Hall–Kier alpha value is -3.07. The van der Waals surface area contributed by atoms with E-state index < -0.39 is 30.1 Å². The van der Waals surface area contributed by atoms with Gasteiger partial charge in [0.15, 0.2) is 0 Å². The molecule has 0 aliphatic heterocycles. The van der Waals surface area contributed by atoms with Crippen LogP contribution >= 0.6 is 0 Å². The van der Waals surface area contributed by atoms with E-state index in [1.807, 2.05) is 0 Å². The van der Waals surface area contributed by atoms with Crippen molar-refractivity contribution in [3.63, 3.8) is 0 Å². The molecule has 0 unspecified atom stereocenters. The molecule has 11 nitrogen and oxygen atoms in total. The molecule has 0 aliphatic carbocycles. The predicted octanol–water partition coefficient (Wildman–Crippen LogP) is 2.20. The van der Waals surface area contributed by atoms with Gasteiger partial charge in [-0.15, -0.1) is 0 Å². The number of nitrogens with zero attached hydrogens (tertiary/aromatic N) is 3. The summed E-state index contributed by atoms with van der Waals surface area (Å²) in [5.41, 5.74) is 6.37. The van der Waals surface area contributed by atoms with Crippen LogP contribution < -0.4 is 18.6 Å². The average Bonchev–Trinajstić information content (AvgIpc) is 2.81. The van der Waals surface area contributed by atoms with Crippen molar-refractivity contribution in [2.75, 3.05) is 58.9 Å². The van der Waals surface area contributed by atoms with Gasteiger partial charge in [0.25, 0.3) is 0 Å². The normalized spacial score (nSPS) is 13.0. The average molecular weight is 583 g/mol. The zero-order chi connectivity index (χ0) is 28.4. The predicted molar refractivity (Wildman–Crippen MR) is 154 cm³/mol. The van der Waals surface area contributed by atoms with Crippen molar-refractivity contribution in [2.45, 2.75) is 6.42 Å². The van der Waals surface area contributed by atoms with E-state index in [9.17, 15) is 30.4 Å². The molecule has 0 saturated carbocycles. The second kappa shape index (κ2) is 9.29. The molecule has 0 fully saturated rings. The van der Waals surface area contributed by atoms with E-state index in [1.165, 1.54) is 30.5 Å². The summed E-state index contributed by atoms with van der Waals surface area (Å²) in [4.78, 5) is 0. The van der Waals surface area contributed by atoms with Crippen LogP contribution in [0.1, 0.15) is 6.42 Å². The molecule has 38 heavy (non-hydrogen) atoms. The zero-order valence-electron chi connectivity index (χ0n) is 21.6. The van der Waals surface area contributed by atoms with E-state index in [2.05, 4.69) is 0 Å². The van der Waals surface area contributed by atoms with Crippen LogP contribution in [0.3, 0.4) is 0 Å². The Kier molecular flexibility index (Phi) is 6.83. The Morgan fingerprint density at radius 2 is 1.11 bits per heavy atom. The van der Waals surface area contributed by atoms with Crippen LogP contribution in [-0.2, 0) is 30.1 Å². The van der Waals surface area contributed by atoms with E-state index in [4.69, 9.17) is 5.73 Å². The van der Waals surface area contributed by atoms with Gasteiger partial charge in [0.1, 0.15) is 5.75 Å². The number of hydrogen-bond acceptors (Lipinski definition) is 8. The first-order chi connectivity index (χ1) is 17.5. The van der Waals surface area contributed by atoms with Crippen molar-refractivity contribution in [1.82, 2.24) is 0 Å². The van der Waals surface area contributed by atoms with Crippen LogP contribution in [0.4, 0.5) is 17.1 Å². The minimum Gasteiger partial charge on any atom is -0.507 e. The number of aromatic hydroxyl groups is 1. The first kappa shape index (κ1) is 28.0. The molecule has 0 saturated heterocycles. The molecule has 0 radical (unpaired) electrons. The Morgan fingerprint density at radius 1 is 0.684 bits per heavy atom. The summed E-state index contributed by atoms with van der Waals surface area (Å²) >= 11 is 0. The molecule has 4 aromatic rings. The van der Waals surface area contributed by atoms with Crippen LogP contribution in [-0.4, -0.2) is 76.3 Å². The highest BCUT2D eigenvalue weighted by molar-refractivity contribution is 7.92. The van der Waals surface area contributed by atoms with Crippen molar-refractivity contribution >= 4 is 79.4 Å². The lowest BCUT2D eigenvalue weighted by Gasteiger charge is -2.29. The van der Waals surface area contributed by atoms with Gasteiger partial charge in [0.2, 0.25) is 30.1 Å². The summed E-state index contributed by atoms with van der Waals surface area (Å²) in [6.07, 6.45) is 3.50. The maximum atomic E-state index is 12.9. The Morgan fingerprint density at radius 3 is 1.55 bits per heavy atom. The Labute approximate surface area is 222 Å². The Bertz CT molecular complexity index is 1890. The third-order valence-corrected chi connectivity index (χ3v) is 10.3. The fourth-order valence-corrected chi connectivity index (χ4v) is 6.69. The number of nitrogens with two attached hydrogens (primary N) is 1. The van der Waals surface area contributed by atoms with Crippen molar-refractivity contribution in [3.05, 3.63) is 36.4 Å². The van der Waals surface area contributed by atoms with Crippen LogP contribution in [0.5, 0.6) is 5.75 Å². The van der Waals surface area contributed by atoms with Crippen LogP contribution in [0.2, 0.25) is 0 Å². The van der Waals surface area contributed by atoms with Gasteiger partial charge in [-0.3, -0.25) is 12.9 Å². The summed E-state index contributed by atoms with van der Waals surface area (Å²) in [6, 6.07) is 9.52. The number of phenolic OH excluding ortho intramolecular Hbond substituents is 1. The summed E-state index contributed by atoms with van der Waals surface area (Å²) in [6.45, 7) is 0.303. The fraction of sp³-hybridized carbons (Fsp3) is 0.333. The van der Waals surface area contributed by atoms with Crippen molar-refractivity contribution in [1.29, 1.82) is 0 Å². The quantitative estimate of drug-likeness (QED) is 0.284. The molecular formula is C24H30N4O7S3. The van der Waals surface area contributed by atoms with Gasteiger partial charge in [0.05, 0.1) is 35.8 Å². The number of phenols is 1. The third-order valence-electron chi connectivity index (χ3n) is 6.72. The summed E-state index contributed by atoms with van der Waals surface area (Å²) < 4.78 is 79.2. The second-order valence-electron chi connectivity index (χ2n) is 9.34. The number of sulfonamides is 3. The molecule has 0 heterocycles. The molecule has 4 aromatic carbocycles. The van der Waals surface area contributed by atoms with E-state index in [0.717, 1.165) is 27.4 Å². The van der Waals surface area contributed by atoms with Crippen LogP contribution in [0.15, 0.2) is 36.4 Å². The van der Waals surface area contributed by atoms with Crippen LogP contribution in [0.25, 0.3) is 32.3 Å². The van der Waals surface area contributed by atoms with Crippen molar-refractivity contribution in [2.24, 2.45) is 5.73 Å². The number of hydrogen-bond donors (Lipinski definition) is 2. The van der Waals surface area contributed by atoms with Gasteiger partial charge in [-0.1, -0.05) is 18.2 Å². The minimum absolute atomic E-state index is 0.0641. The highest BCUT2D eigenvalue weighted by Crippen LogP contribution is 2.48. The highest BCUT2D eigenvalue weighted by Gasteiger charge is 2.27. The Balaban J connectivity index is 2.28. The molecule has 14 heteroatoms. The number of rotatable bonds is 9. The standard InChI is InChI=1S/C24H30N4O7S3/c1-26(36(3,30)31)19-13-21(28(12-6-11-25)38(5,34)35)17-9-10-18-22(29)14-20(27(2)37(4,32)33)16-8-7-15(19)23(17)24(16)18/h7-10,13-14,29H,6,11-12,25H2,1-5H3. The molecule has 0 amide bonds. The highest BCUT2D eigenvalue weighted by atomic mass is 32.2. The second-order valence-corrected chi connectivity index (χ2v) is 15.3. The summed E-state index contributed by atoms with van der Waals surface area (Å²) in [7, 11) is -8.53. The summed E-state index contributed by atoms with van der Waals surface area (Å²) in [5.74, 6) is -0.177. The van der Waals surface area contributed by atoms with Crippen molar-refractivity contribution < 1.29 is 30.4 Å². The lowest BCUT2D eigenvalue weighted by atomic mass is 9.91.